The van der Waals surface area contributed by atoms with E-state index in [0.717, 1.165) is 12.0 Å². The van der Waals surface area contributed by atoms with Crippen molar-refractivity contribution in [2.24, 2.45) is 5.73 Å². The second kappa shape index (κ2) is 12.1. The Bertz CT molecular complexity index is 432. The van der Waals surface area contributed by atoms with Crippen molar-refractivity contribution < 1.29 is 9.90 Å². The fourth-order valence-corrected chi connectivity index (χ4v) is 2.52. The summed E-state index contributed by atoms with van der Waals surface area (Å²) in [5.74, 6) is -0.213. The summed E-state index contributed by atoms with van der Waals surface area (Å²) in [4.78, 5) is 11.7. The highest BCUT2D eigenvalue weighted by Gasteiger charge is 2.11. The first-order chi connectivity index (χ1) is 11.2. The van der Waals surface area contributed by atoms with Crippen LogP contribution in [0.4, 0.5) is 0 Å². The molecule has 0 saturated heterocycles. The maximum absolute atomic E-state index is 11.7. The van der Waals surface area contributed by atoms with Crippen LogP contribution in [-0.4, -0.2) is 23.7 Å². The molecule has 4 N–H and O–H groups in total. The van der Waals surface area contributed by atoms with E-state index in [4.69, 9.17) is 10.8 Å². The number of carbonyl (C=O) groups is 1. The minimum atomic E-state index is -0.632. The molecule has 1 atom stereocenters. The third-order valence-electron chi connectivity index (χ3n) is 4.09. The molecule has 1 amide bonds. The highest BCUT2D eigenvalue weighted by atomic mass is 16.3. The standard InChI is InChI=1S/C19H32N2O2/c1-2-3-4-5-6-7-8-16-9-11-17(12-10-16)15-21-19(23)18(20)13-14-22/h9-12,18,22H,2-8,13-15,20H2,1H3,(H,21,23)/t18-/m0/s1. The lowest BCUT2D eigenvalue weighted by Crippen LogP contribution is -2.40. The Balaban J connectivity index is 2.24. The van der Waals surface area contributed by atoms with Crippen molar-refractivity contribution in [3.05, 3.63) is 35.4 Å². The zero-order valence-electron chi connectivity index (χ0n) is 14.4. The normalized spacial score (nSPS) is 12.1. The first-order valence-electron chi connectivity index (χ1n) is 8.89. The molecule has 0 aliphatic heterocycles. The van der Waals surface area contributed by atoms with Gasteiger partial charge in [-0.3, -0.25) is 4.79 Å². The molecule has 4 nitrogen and oxygen atoms in total. The van der Waals surface area contributed by atoms with E-state index in [0.29, 0.717) is 13.0 Å². The van der Waals surface area contributed by atoms with Crippen molar-refractivity contribution in [1.29, 1.82) is 0 Å². The molecule has 1 aromatic carbocycles. The van der Waals surface area contributed by atoms with E-state index < -0.39 is 6.04 Å². The zero-order valence-corrected chi connectivity index (χ0v) is 14.4. The zero-order chi connectivity index (χ0) is 16.9. The molecule has 4 heteroatoms. The van der Waals surface area contributed by atoms with E-state index in [-0.39, 0.29) is 12.5 Å². The van der Waals surface area contributed by atoms with Crippen LogP contribution in [-0.2, 0) is 17.8 Å². The maximum Gasteiger partial charge on any atom is 0.237 e. The van der Waals surface area contributed by atoms with Gasteiger partial charge in [0.15, 0.2) is 0 Å². The number of amides is 1. The van der Waals surface area contributed by atoms with E-state index in [1.807, 2.05) is 0 Å². The number of benzene rings is 1. The highest BCUT2D eigenvalue weighted by molar-refractivity contribution is 5.81. The third kappa shape index (κ3) is 8.72. The molecule has 0 aromatic heterocycles. The monoisotopic (exact) mass is 320 g/mol. The first kappa shape index (κ1) is 19.7. The van der Waals surface area contributed by atoms with Gasteiger partial charge in [0, 0.05) is 13.2 Å². The Morgan fingerprint density at radius 3 is 2.35 bits per heavy atom. The van der Waals surface area contributed by atoms with Crippen molar-refractivity contribution in [2.45, 2.75) is 70.9 Å². The molecule has 0 spiro atoms. The van der Waals surface area contributed by atoms with Crippen LogP contribution in [0.25, 0.3) is 0 Å². The van der Waals surface area contributed by atoms with Crippen molar-refractivity contribution in [3.63, 3.8) is 0 Å². The number of aliphatic hydroxyl groups is 1. The molecule has 0 aliphatic carbocycles. The maximum atomic E-state index is 11.7. The van der Waals surface area contributed by atoms with Crippen molar-refractivity contribution in [1.82, 2.24) is 5.32 Å². The molecule has 0 fully saturated rings. The Kier molecular flexibility index (Phi) is 10.3. The number of unbranched alkanes of at least 4 members (excludes halogenated alkanes) is 5. The summed E-state index contributed by atoms with van der Waals surface area (Å²) in [6.07, 6.45) is 9.31. The predicted molar refractivity (Wildman–Crippen MR) is 95.0 cm³/mol. The molecule has 1 rings (SSSR count). The number of carbonyl (C=O) groups excluding carboxylic acids is 1. The van der Waals surface area contributed by atoms with Gasteiger partial charge >= 0.3 is 0 Å². The Hall–Kier alpha value is -1.39. The highest BCUT2D eigenvalue weighted by Crippen LogP contribution is 2.11. The van der Waals surface area contributed by atoms with E-state index in [2.05, 4.69) is 36.5 Å². The Morgan fingerprint density at radius 1 is 1.09 bits per heavy atom. The predicted octanol–water partition coefficient (Wildman–Crippen LogP) is 2.92. The van der Waals surface area contributed by atoms with Crippen LogP contribution in [0.2, 0.25) is 0 Å². The van der Waals surface area contributed by atoms with Crippen LogP contribution in [0.3, 0.4) is 0 Å². The molecule has 0 aliphatic rings. The fourth-order valence-electron chi connectivity index (χ4n) is 2.52. The smallest absolute Gasteiger partial charge is 0.237 e. The summed E-state index contributed by atoms with van der Waals surface area (Å²) in [6, 6.07) is 7.77. The van der Waals surface area contributed by atoms with Gasteiger partial charge in [0.2, 0.25) is 5.91 Å². The minimum Gasteiger partial charge on any atom is -0.396 e. The summed E-state index contributed by atoms with van der Waals surface area (Å²) >= 11 is 0. The Labute approximate surface area is 140 Å². The Morgan fingerprint density at radius 2 is 1.70 bits per heavy atom. The molecular weight excluding hydrogens is 288 g/mol. The van der Waals surface area contributed by atoms with Crippen LogP contribution < -0.4 is 11.1 Å². The van der Waals surface area contributed by atoms with E-state index >= 15 is 0 Å². The molecule has 0 bridgehead atoms. The van der Waals surface area contributed by atoms with E-state index in [9.17, 15) is 4.79 Å². The summed E-state index contributed by atoms with van der Waals surface area (Å²) in [7, 11) is 0. The SMILES string of the molecule is CCCCCCCCc1ccc(CNC(=O)[C@@H](N)CCO)cc1. The molecule has 0 heterocycles. The topological polar surface area (TPSA) is 75.4 Å². The van der Waals surface area contributed by atoms with E-state index in [1.165, 1.54) is 44.1 Å². The number of hydrogen-bond donors (Lipinski definition) is 3. The van der Waals surface area contributed by atoms with Gasteiger partial charge in [0.05, 0.1) is 6.04 Å². The lowest BCUT2D eigenvalue weighted by atomic mass is 10.0. The average Bonchev–Trinajstić information content (AvgIpc) is 2.57. The molecule has 0 unspecified atom stereocenters. The molecule has 1 aromatic rings. The van der Waals surface area contributed by atoms with Gasteiger partial charge in [0.25, 0.3) is 0 Å². The van der Waals surface area contributed by atoms with Crippen LogP contribution in [0.1, 0.15) is 63.0 Å². The second-order valence-corrected chi connectivity index (χ2v) is 6.17. The summed E-state index contributed by atoms with van der Waals surface area (Å²) in [6.45, 7) is 2.65. The van der Waals surface area contributed by atoms with Gasteiger partial charge < -0.3 is 16.2 Å². The lowest BCUT2D eigenvalue weighted by Gasteiger charge is -2.11. The number of nitrogens with one attached hydrogen (secondary N) is 1. The van der Waals surface area contributed by atoms with Gasteiger partial charge in [-0.25, -0.2) is 0 Å². The van der Waals surface area contributed by atoms with Gasteiger partial charge in [-0.15, -0.1) is 0 Å². The number of nitrogens with two attached hydrogens (primary N) is 1. The quantitative estimate of drug-likeness (QED) is 0.518. The second-order valence-electron chi connectivity index (χ2n) is 6.17. The average molecular weight is 320 g/mol. The van der Waals surface area contributed by atoms with Crippen LogP contribution >= 0.6 is 0 Å². The molecule has 23 heavy (non-hydrogen) atoms. The summed E-state index contributed by atoms with van der Waals surface area (Å²) < 4.78 is 0. The number of aryl methyl sites for hydroxylation is 1. The number of rotatable bonds is 12. The van der Waals surface area contributed by atoms with E-state index in [1.54, 1.807) is 0 Å². The minimum absolute atomic E-state index is 0.0677. The third-order valence-corrected chi connectivity index (χ3v) is 4.09. The molecular formula is C19H32N2O2. The summed E-state index contributed by atoms with van der Waals surface area (Å²) in [5.41, 5.74) is 8.07. The summed E-state index contributed by atoms with van der Waals surface area (Å²) in [5, 5.41) is 11.6. The van der Waals surface area contributed by atoms with Gasteiger partial charge in [-0.05, 0) is 30.4 Å². The van der Waals surface area contributed by atoms with Crippen molar-refractivity contribution >= 4 is 5.91 Å². The number of aliphatic hydroxyl groups excluding tert-OH is 1. The largest absolute Gasteiger partial charge is 0.396 e. The van der Waals surface area contributed by atoms with Crippen molar-refractivity contribution in [3.8, 4) is 0 Å². The van der Waals surface area contributed by atoms with Gasteiger partial charge in [0.1, 0.15) is 0 Å². The molecule has 0 radical (unpaired) electrons. The van der Waals surface area contributed by atoms with Crippen LogP contribution in [0, 0.1) is 0 Å². The lowest BCUT2D eigenvalue weighted by molar-refractivity contribution is -0.122. The fraction of sp³-hybridized carbons (Fsp3) is 0.632. The van der Waals surface area contributed by atoms with Gasteiger partial charge in [-0.2, -0.15) is 0 Å². The number of hydrogen-bond acceptors (Lipinski definition) is 3. The molecule has 0 saturated carbocycles. The van der Waals surface area contributed by atoms with Gasteiger partial charge in [-0.1, -0.05) is 63.3 Å². The van der Waals surface area contributed by atoms with Crippen molar-refractivity contribution in [2.75, 3.05) is 6.61 Å². The first-order valence-corrected chi connectivity index (χ1v) is 8.89. The molecule has 130 valence electrons. The van der Waals surface area contributed by atoms with Crippen LogP contribution in [0.15, 0.2) is 24.3 Å². The van der Waals surface area contributed by atoms with Crippen LogP contribution in [0.5, 0.6) is 0 Å².